The highest BCUT2D eigenvalue weighted by Crippen LogP contribution is 2.00. The van der Waals surface area contributed by atoms with Crippen LogP contribution >= 0.6 is 0 Å². The lowest BCUT2D eigenvalue weighted by Gasteiger charge is -2.19. The summed E-state index contributed by atoms with van der Waals surface area (Å²) in [4.78, 5) is 15.1. The second-order valence-corrected chi connectivity index (χ2v) is 2.47. The third kappa shape index (κ3) is 2.80. The van der Waals surface area contributed by atoms with Crippen LogP contribution in [0, 0.1) is 0 Å². The Labute approximate surface area is 60.1 Å². The maximum atomic E-state index is 10.4. The van der Waals surface area contributed by atoms with Gasteiger partial charge in [-0.25, -0.2) is 0 Å². The molecule has 4 heteroatoms. The van der Waals surface area contributed by atoms with E-state index in [2.05, 4.69) is 5.48 Å². The summed E-state index contributed by atoms with van der Waals surface area (Å²) in [5, 5.41) is 8.53. The largest absolute Gasteiger partial charge is 0.480 e. The molecule has 0 heterocycles. The molecule has 0 aromatic carbocycles. The maximum Gasteiger partial charge on any atom is 0.325 e. The number of carboxylic acid groups (broad SMARTS) is 1. The molecule has 0 aromatic rings. The van der Waals surface area contributed by atoms with Crippen molar-refractivity contribution in [1.82, 2.24) is 5.48 Å². The quantitative estimate of drug-likeness (QED) is 0.565. The Morgan fingerprint density at radius 3 is 2.50 bits per heavy atom. The molecule has 0 unspecified atom stereocenters. The van der Waals surface area contributed by atoms with Crippen LogP contribution in [-0.4, -0.2) is 23.2 Å². The van der Waals surface area contributed by atoms with E-state index in [-0.39, 0.29) is 0 Å². The Kier molecular flexibility index (Phi) is 3.32. The number of hydroxylamine groups is 1. The van der Waals surface area contributed by atoms with Gasteiger partial charge in [0, 0.05) is 0 Å². The minimum atomic E-state index is -1.00. The zero-order valence-corrected chi connectivity index (χ0v) is 6.47. The van der Waals surface area contributed by atoms with Gasteiger partial charge in [-0.1, -0.05) is 0 Å². The molecule has 60 valence electrons. The van der Waals surface area contributed by atoms with Crippen LogP contribution in [0.15, 0.2) is 0 Å². The molecule has 0 radical (unpaired) electrons. The number of hydrogen-bond acceptors (Lipinski definition) is 3. The van der Waals surface area contributed by atoms with Gasteiger partial charge in [-0.2, -0.15) is 5.48 Å². The van der Waals surface area contributed by atoms with Crippen molar-refractivity contribution in [3.63, 3.8) is 0 Å². The van der Waals surface area contributed by atoms with Gasteiger partial charge in [0.05, 0.1) is 6.61 Å². The molecule has 0 spiro atoms. The number of hydrogen-bond donors (Lipinski definition) is 2. The summed E-state index contributed by atoms with van der Waals surface area (Å²) in [6, 6.07) is 0. The normalized spacial score (nSPS) is 11.5. The first kappa shape index (κ1) is 9.39. The Balaban J connectivity index is 3.75. The van der Waals surface area contributed by atoms with Crippen molar-refractivity contribution in [2.75, 3.05) is 6.61 Å². The number of carbonyl (C=O) groups is 1. The van der Waals surface area contributed by atoms with Crippen molar-refractivity contribution >= 4 is 5.97 Å². The maximum absolute atomic E-state index is 10.4. The zero-order chi connectivity index (χ0) is 8.20. The predicted octanol–water partition coefficient (Wildman–Crippen LogP) is 0.391. The van der Waals surface area contributed by atoms with Gasteiger partial charge in [0.1, 0.15) is 5.54 Å². The molecule has 0 saturated carbocycles. The van der Waals surface area contributed by atoms with Crippen LogP contribution in [0.3, 0.4) is 0 Å². The van der Waals surface area contributed by atoms with Crippen LogP contribution in [0.2, 0.25) is 0 Å². The Morgan fingerprint density at radius 1 is 1.70 bits per heavy atom. The fraction of sp³-hybridized carbons (Fsp3) is 0.833. The van der Waals surface area contributed by atoms with E-state index < -0.39 is 11.5 Å². The Bertz CT molecular complexity index is 122. The Morgan fingerprint density at radius 2 is 2.20 bits per heavy atom. The highest BCUT2D eigenvalue weighted by Gasteiger charge is 2.26. The molecule has 0 bridgehead atoms. The predicted molar refractivity (Wildman–Crippen MR) is 36.5 cm³/mol. The van der Waals surface area contributed by atoms with E-state index in [1.807, 2.05) is 0 Å². The van der Waals surface area contributed by atoms with Gasteiger partial charge in [0.2, 0.25) is 0 Å². The van der Waals surface area contributed by atoms with Gasteiger partial charge >= 0.3 is 5.97 Å². The monoisotopic (exact) mass is 147 g/mol. The summed E-state index contributed by atoms with van der Waals surface area (Å²) in [6.45, 7) is 5.30. The second kappa shape index (κ2) is 3.53. The first-order valence-corrected chi connectivity index (χ1v) is 3.13. The molecule has 0 aliphatic carbocycles. The van der Waals surface area contributed by atoms with E-state index >= 15 is 0 Å². The first-order valence-electron chi connectivity index (χ1n) is 3.13. The van der Waals surface area contributed by atoms with E-state index in [1.165, 1.54) is 13.8 Å². The van der Waals surface area contributed by atoms with Crippen LogP contribution in [0.4, 0.5) is 0 Å². The lowest BCUT2D eigenvalue weighted by atomic mass is 10.1. The second-order valence-electron chi connectivity index (χ2n) is 2.47. The molecule has 0 aliphatic heterocycles. The topological polar surface area (TPSA) is 58.6 Å². The van der Waals surface area contributed by atoms with Gasteiger partial charge < -0.3 is 9.94 Å². The summed E-state index contributed by atoms with van der Waals surface area (Å²) in [6.07, 6.45) is 0. The minimum absolute atomic E-state index is 0.455. The molecule has 0 fully saturated rings. The van der Waals surface area contributed by atoms with Crippen LogP contribution in [0.1, 0.15) is 20.8 Å². The third-order valence-electron chi connectivity index (χ3n) is 1.01. The van der Waals surface area contributed by atoms with E-state index in [0.29, 0.717) is 6.61 Å². The molecule has 0 saturated heterocycles. The average Bonchev–Trinajstić information content (AvgIpc) is 1.84. The zero-order valence-electron chi connectivity index (χ0n) is 6.47. The van der Waals surface area contributed by atoms with Crippen LogP contribution in [0.25, 0.3) is 0 Å². The molecule has 0 aromatic heterocycles. The van der Waals surface area contributed by atoms with Gasteiger partial charge in [0.15, 0.2) is 0 Å². The van der Waals surface area contributed by atoms with Crippen LogP contribution < -0.4 is 5.48 Å². The van der Waals surface area contributed by atoms with E-state index in [1.54, 1.807) is 6.92 Å². The SMILES string of the molecule is CCONC(C)(C)C(=O)O. The van der Waals surface area contributed by atoms with E-state index in [4.69, 9.17) is 9.94 Å². The molecular weight excluding hydrogens is 134 g/mol. The molecule has 0 rings (SSSR count). The molecule has 10 heavy (non-hydrogen) atoms. The summed E-state index contributed by atoms with van der Waals surface area (Å²) in [5.41, 5.74) is 1.40. The van der Waals surface area contributed by atoms with Gasteiger partial charge in [0.25, 0.3) is 0 Å². The van der Waals surface area contributed by atoms with Crippen LogP contribution in [0.5, 0.6) is 0 Å². The standard InChI is InChI=1S/C6H13NO3/c1-4-10-7-6(2,3)5(8)9/h7H,4H2,1-3H3,(H,8,9). The van der Waals surface area contributed by atoms with Gasteiger partial charge in [-0.15, -0.1) is 0 Å². The number of rotatable bonds is 4. The summed E-state index contributed by atoms with van der Waals surface area (Å²) >= 11 is 0. The summed E-state index contributed by atoms with van der Waals surface area (Å²) in [7, 11) is 0. The van der Waals surface area contributed by atoms with E-state index in [9.17, 15) is 4.79 Å². The highest BCUT2D eigenvalue weighted by molar-refractivity contribution is 5.77. The molecular formula is C6H13NO3. The van der Waals surface area contributed by atoms with Crippen molar-refractivity contribution in [2.24, 2.45) is 0 Å². The molecule has 0 atom stereocenters. The van der Waals surface area contributed by atoms with Crippen molar-refractivity contribution < 1.29 is 14.7 Å². The fourth-order valence-corrected chi connectivity index (χ4v) is 0.296. The highest BCUT2D eigenvalue weighted by atomic mass is 16.6. The van der Waals surface area contributed by atoms with E-state index in [0.717, 1.165) is 0 Å². The van der Waals surface area contributed by atoms with Crippen molar-refractivity contribution in [3.8, 4) is 0 Å². The minimum Gasteiger partial charge on any atom is -0.480 e. The van der Waals surface area contributed by atoms with Crippen molar-refractivity contribution in [2.45, 2.75) is 26.3 Å². The number of carboxylic acids is 1. The average molecular weight is 147 g/mol. The molecule has 4 nitrogen and oxygen atoms in total. The summed E-state index contributed by atoms with van der Waals surface area (Å²) in [5.74, 6) is -0.930. The van der Waals surface area contributed by atoms with Crippen LogP contribution in [-0.2, 0) is 9.63 Å². The van der Waals surface area contributed by atoms with Gasteiger partial charge in [-0.3, -0.25) is 4.79 Å². The molecule has 0 aliphatic rings. The van der Waals surface area contributed by atoms with Gasteiger partial charge in [-0.05, 0) is 20.8 Å². The summed E-state index contributed by atoms with van der Waals surface area (Å²) < 4.78 is 0. The first-order chi connectivity index (χ1) is 4.50. The Hall–Kier alpha value is -0.610. The smallest absolute Gasteiger partial charge is 0.325 e. The lowest BCUT2D eigenvalue weighted by Crippen LogP contribution is -2.46. The fourth-order valence-electron chi connectivity index (χ4n) is 0.296. The lowest BCUT2D eigenvalue weighted by molar-refractivity contribution is -0.150. The third-order valence-corrected chi connectivity index (χ3v) is 1.01. The van der Waals surface area contributed by atoms with Crippen molar-refractivity contribution in [1.29, 1.82) is 0 Å². The molecule has 0 amide bonds. The number of aliphatic carboxylic acids is 1. The number of nitrogens with one attached hydrogen (secondary N) is 1. The molecule has 2 N–H and O–H groups in total. The van der Waals surface area contributed by atoms with Crippen molar-refractivity contribution in [3.05, 3.63) is 0 Å².